The monoisotopic (exact) mass is 917 g/mol. The number of hydrogen-bond acceptors (Lipinski definition) is 5. The summed E-state index contributed by atoms with van der Waals surface area (Å²) in [6, 6.07) is 85.5. The van der Waals surface area contributed by atoms with Crippen LogP contribution in [0.25, 0.3) is 123 Å². The summed E-state index contributed by atoms with van der Waals surface area (Å²) in [5.74, 6) is 1.31. The number of fused-ring (bicyclic) bond motifs is 6. The van der Waals surface area contributed by atoms with Gasteiger partial charge in [-0.05, 0) is 106 Å². The van der Waals surface area contributed by atoms with Crippen LogP contribution in [0.1, 0.15) is 11.1 Å². The fraction of sp³-hybridized carbons (Fsp3) is 0. The van der Waals surface area contributed by atoms with Gasteiger partial charge in [-0.1, -0.05) is 164 Å². The third-order valence-electron chi connectivity index (χ3n) is 13.7. The van der Waals surface area contributed by atoms with Gasteiger partial charge in [-0.15, -0.1) is 0 Å². The van der Waals surface area contributed by atoms with Crippen molar-refractivity contribution < 1.29 is 0 Å². The number of aromatic nitrogens is 5. The highest BCUT2D eigenvalue weighted by Gasteiger charge is 2.24. The largest absolute Gasteiger partial charge is 0.309 e. The summed E-state index contributed by atoms with van der Waals surface area (Å²) in [4.78, 5) is 16.2. The van der Waals surface area contributed by atoms with Crippen LogP contribution < -0.4 is 0 Å². The number of rotatable bonds is 8. The Morgan fingerprint density at radius 2 is 0.736 bits per heavy atom. The van der Waals surface area contributed by atoms with E-state index in [-0.39, 0.29) is 0 Å². The summed E-state index contributed by atoms with van der Waals surface area (Å²) in [5.41, 5.74) is 15.1. The number of nitriles is 2. The first kappa shape index (κ1) is 41.9. The van der Waals surface area contributed by atoms with E-state index in [9.17, 15) is 10.5 Å². The van der Waals surface area contributed by atoms with E-state index in [0.717, 1.165) is 99.5 Å². The molecular formula is C65H39N7. The van der Waals surface area contributed by atoms with E-state index in [1.54, 1.807) is 0 Å². The minimum Gasteiger partial charge on any atom is -0.309 e. The molecule has 0 N–H and O–H groups in total. The van der Waals surface area contributed by atoms with Gasteiger partial charge in [0, 0.05) is 38.2 Å². The van der Waals surface area contributed by atoms with Crippen LogP contribution in [0.2, 0.25) is 0 Å². The van der Waals surface area contributed by atoms with Crippen molar-refractivity contribution in [2.75, 3.05) is 0 Å². The maximum Gasteiger partial charge on any atom is 0.166 e. The van der Waals surface area contributed by atoms with E-state index in [2.05, 4.69) is 173 Å². The molecule has 0 atom stereocenters. The van der Waals surface area contributed by atoms with Crippen LogP contribution in [0.5, 0.6) is 0 Å². The highest BCUT2D eigenvalue weighted by Crippen LogP contribution is 2.42. The fourth-order valence-corrected chi connectivity index (χ4v) is 10.3. The van der Waals surface area contributed by atoms with E-state index < -0.39 is 0 Å². The third-order valence-corrected chi connectivity index (χ3v) is 13.7. The molecule has 0 spiro atoms. The molecule has 0 amide bonds. The summed E-state index contributed by atoms with van der Waals surface area (Å²) < 4.78 is 4.55. The van der Waals surface area contributed by atoms with Crippen LogP contribution in [0.3, 0.4) is 0 Å². The Balaban J connectivity index is 1.09. The lowest BCUT2D eigenvalue weighted by Gasteiger charge is -2.18. The van der Waals surface area contributed by atoms with Gasteiger partial charge >= 0.3 is 0 Å². The van der Waals surface area contributed by atoms with Gasteiger partial charge < -0.3 is 9.13 Å². The molecule has 0 saturated heterocycles. The van der Waals surface area contributed by atoms with Crippen molar-refractivity contribution in [1.82, 2.24) is 24.1 Å². The quantitative estimate of drug-likeness (QED) is 0.151. The topological polar surface area (TPSA) is 96.1 Å². The van der Waals surface area contributed by atoms with Gasteiger partial charge in [0.05, 0.1) is 56.7 Å². The number of benzene rings is 10. The van der Waals surface area contributed by atoms with Crippen molar-refractivity contribution in [2.24, 2.45) is 0 Å². The minimum absolute atomic E-state index is 0.404. The summed E-state index contributed by atoms with van der Waals surface area (Å²) in [7, 11) is 0. The van der Waals surface area contributed by atoms with Gasteiger partial charge in [-0.3, -0.25) is 0 Å². The predicted octanol–water partition coefficient (Wildman–Crippen LogP) is 15.8. The second-order valence-corrected chi connectivity index (χ2v) is 17.8. The standard InChI is InChI=1S/C65H39N7/c66-40-42-28-32-61(71-57-26-14-12-24-51(57)53-37-46(29-33-59(53)71)43-16-4-1-5-17-43)55(36-42)64-68-63(45-20-8-3-9-21-45)69-65(70-64)56-39-48(50-23-11-10-22-49(50)41-67)31-35-62(56)72-58-27-15-13-25-52(58)54-38-47(30-34-60(54)72)44-18-6-2-7-19-44/h1-39H. The van der Waals surface area contributed by atoms with Gasteiger partial charge in [0.15, 0.2) is 17.5 Å². The Labute approximate surface area is 415 Å². The number of para-hydroxylation sites is 2. The molecule has 13 rings (SSSR count). The Morgan fingerprint density at radius 3 is 1.29 bits per heavy atom. The lowest BCUT2D eigenvalue weighted by molar-refractivity contribution is 1.06. The second-order valence-electron chi connectivity index (χ2n) is 17.8. The molecule has 0 aliphatic carbocycles. The first-order valence-electron chi connectivity index (χ1n) is 23.8. The van der Waals surface area contributed by atoms with Gasteiger partial charge in [0.1, 0.15) is 0 Å². The smallest absolute Gasteiger partial charge is 0.166 e. The van der Waals surface area contributed by atoms with Gasteiger partial charge in [0.2, 0.25) is 0 Å². The average Bonchev–Trinajstić information content (AvgIpc) is 3.97. The van der Waals surface area contributed by atoms with Crippen LogP contribution >= 0.6 is 0 Å². The molecule has 3 aromatic heterocycles. The highest BCUT2D eigenvalue weighted by molar-refractivity contribution is 6.12. The molecular weight excluding hydrogens is 879 g/mol. The molecule has 0 aliphatic heterocycles. The van der Waals surface area contributed by atoms with E-state index >= 15 is 0 Å². The van der Waals surface area contributed by atoms with Gasteiger partial charge in [-0.25, -0.2) is 15.0 Å². The molecule has 0 saturated carbocycles. The molecule has 334 valence electrons. The lowest BCUT2D eigenvalue weighted by atomic mass is 9.97. The Hall–Kier alpha value is -10.2. The van der Waals surface area contributed by atoms with Crippen molar-refractivity contribution >= 4 is 43.6 Å². The van der Waals surface area contributed by atoms with E-state index in [1.807, 2.05) is 84.9 Å². The lowest BCUT2D eigenvalue weighted by Crippen LogP contribution is -2.06. The summed E-state index contributed by atoms with van der Waals surface area (Å²) in [6.07, 6.45) is 0. The van der Waals surface area contributed by atoms with Crippen molar-refractivity contribution in [2.45, 2.75) is 0 Å². The van der Waals surface area contributed by atoms with E-state index in [0.29, 0.717) is 34.2 Å². The SMILES string of the molecule is N#Cc1ccc(-n2c3ccccc3c3cc(-c4ccccc4)ccc32)c(-c2nc(-c3ccccc3)nc(-c3cc(-c4ccccc4C#N)ccc3-n3c4ccccc4c4cc(-c5ccccc5)ccc43)n2)c1. The zero-order valence-corrected chi connectivity index (χ0v) is 38.6. The molecule has 0 unspecified atom stereocenters. The Bertz CT molecular complexity index is 4350. The van der Waals surface area contributed by atoms with Crippen molar-refractivity contribution in [1.29, 1.82) is 10.5 Å². The van der Waals surface area contributed by atoms with Crippen LogP contribution in [0.4, 0.5) is 0 Å². The van der Waals surface area contributed by atoms with Crippen LogP contribution in [0.15, 0.2) is 237 Å². The normalized spacial score (nSPS) is 11.3. The Kier molecular flexibility index (Phi) is 10.1. The minimum atomic E-state index is 0.404. The zero-order valence-electron chi connectivity index (χ0n) is 38.6. The molecule has 3 heterocycles. The molecule has 0 bridgehead atoms. The van der Waals surface area contributed by atoms with E-state index in [4.69, 9.17) is 15.0 Å². The molecule has 10 aromatic carbocycles. The third kappa shape index (κ3) is 7.08. The average molecular weight is 918 g/mol. The molecule has 7 heteroatoms. The predicted molar refractivity (Wildman–Crippen MR) is 291 cm³/mol. The second kappa shape index (κ2) is 17.4. The maximum atomic E-state index is 10.5. The van der Waals surface area contributed by atoms with Crippen molar-refractivity contribution in [3.05, 3.63) is 248 Å². The first-order chi connectivity index (χ1) is 35.6. The first-order valence-corrected chi connectivity index (χ1v) is 23.8. The highest BCUT2D eigenvalue weighted by atomic mass is 15.1. The fourth-order valence-electron chi connectivity index (χ4n) is 10.3. The van der Waals surface area contributed by atoms with Crippen LogP contribution in [-0.4, -0.2) is 24.1 Å². The molecule has 0 radical (unpaired) electrons. The Morgan fingerprint density at radius 1 is 0.292 bits per heavy atom. The van der Waals surface area contributed by atoms with Crippen molar-refractivity contribution in [3.8, 4) is 91.1 Å². The van der Waals surface area contributed by atoms with Crippen LogP contribution in [-0.2, 0) is 0 Å². The molecule has 13 aromatic rings. The molecule has 7 nitrogen and oxygen atoms in total. The van der Waals surface area contributed by atoms with Gasteiger partial charge in [-0.2, -0.15) is 10.5 Å². The summed E-state index contributed by atoms with van der Waals surface area (Å²) in [5, 5.41) is 25.3. The van der Waals surface area contributed by atoms with Crippen LogP contribution in [0, 0.1) is 22.7 Å². The number of hydrogen-bond donors (Lipinski definition) is 0. The number of nitrogens with zero attached hydrogens (tertiary/aromatic N) is 7. The molecule has 72 heavy (non-hydrogen) atoms. The summed E-state index contributed by atoms with van der Waals surface area (Å²) in [6.45, 7) is 0. The zero-order chi connectivity index (χ0) is 48.1. The van der Waals surface area contributed by atoms with E-state index in [1.165, 1.54) is 0 Å². The molecule has 0 fully saturated rings. The van der Waals surface area contributed by atoms with Crippen molar-refractivity contribution in [3.63, 3.8) is 0 Å². The van der Waals surface area contributed by atoms with Gasteiger partial charge in [0.25, 0.3) is 0 Å². The molecule has 0 aliphatic rings. The summed E-state index contributed by atoms with van der Waals surface area (Å²) >= 11 is 0. The maximum absolute atomic E-state index is 10.5.